The van der Waals surface area contributed by atoms with Gasteiger partial charge in [-0.2, -0.15) is 5.26 Å². The van der Waals surface area contributed by atoms with E-state index in [0.29, 0.717) is 18.7 Å². The van der Waals surface area contributed by atoms with E-state index >= 15 is 0 Å². The van der Waals surface area contributed by atoms with Crippen molar-refractivity contribution in [1.29, 1.82) is 5.26 Å². The summed E-state index contributed by atoms with van der Waals surface area (Å²) in [6.07, 6.45) is 2.13. The Morgan fingerprint density at radius 3 is 3.04 bits per heavy atom. The molecule has 0 saturated heterocycles. The number of hydrogen-bond donors (Lipinski definition) is 0. The minimum absolute atomic E-state index is 0.149. The third kappa shape index (κ3) is 3.23. The number of Topliss-reactive ketones (excluding diaryl/α,β-unsaturated/α-hetero) is 1. The molecule has 0 spiro atoms. The van der Waals surface area contributed by atoms with Gasteiger partial charge in [-0.05, 0) is 49.2 Å². The van der Waals surface area contributed by atoms with E-state index in [4.69, 9.17) is 9.47 Å². The van der Waals surface area contributed by atoms with Crippen LogP contribution < -0.4 is 9.47 Å². The summed E-state index contributed by atoms with van der Waals surface area (Å²) >= 11 is 0. The van der Waals surface area contributed by atoms with Crippen LogP contribution in [0.3, 0.4) is 0 Å². The second-order valence-electron chi connectivity index (χ2n) is 5.63. The summed E-state index contributed by atoms with van der Waals surface area (Å²) in [4.78, 5) is 16.9. The summed E-state index contributed by atoms with van der Waals surface area (Å²) in [5, 5.41) is 9.42. The first-order chi connectivity index (χ1) is 11.7. The van der Waals surface area contributed by atoms with E-state index in [1.165, 1.54) is 0 Å². The molecule has 1 aromatic carbocycles. The summed E-state index contributed by atoms with van der Waals surface area (Å²) < 4.78 is 11.2. The first-order valence-corrected chi connectivity index (χ1v) is 7.95. The molecule has 5 heteroatoms. The highest BCUT2D eigenvalue weighted by atomic mass is 16.5. The van der Waals surface area contributed by atoms with Crippen molar-refractivity contribution in [3.8, 4) is 17.6 Å². The van der Waals surface area contributed by atoms with Gasteiger partial charge in [0.05, 0.1) is 30.9 Å². The summed E-state index contributed by atoms with van der Waals surface area (Å²) in [7, 11) is 0. The Balaban J connectivity index is 1.80. The predicted octanol–water partition coefficient (Wildman–Crippen LogP) is 2.91. The highest BCUT2D eigenvalue weighted by Crippen LogP contribution is 2.33. The normalized spacial score (nSPS) is 17.1. The minimum Gasteiger partial charge on any atom is -0.494 e. The van der Waals surface area contributed by atoms with Crippen LogP contribution in [0.25, 0.3) is 0 Å². The Hall–Kier alpha value is -2.87. The fraction of sp³-hybridized carbons (Fsp3) is 0.316. The molecule has 0 N–H and O–H groups in total. The Kier molecular flexibility index (Phi) is 4.76. The third-order valence-corrected chi connectivity index (χ3v) is 4.05. The van der Waals surface area contributed by atoms with Crippen molar-refractivity contribution in [2.75, 3.05) is 13.2 Å². The van der Waals surface area contributed by atoms with Crippen LogP contribution in [0, 0.1) is 17.2 Å². The molecule has 1 aliphatic heterocycles. The van der Waals surface area contributed by atoms with Crippen LogP contribution in [0.2, 0.25) is 0 Å². The van der Waals surface area contributed by atoms with E-state index in [1.807, 2.05) is 25.1 Å². The van der Waals surface area contributed by atoms with E-state index in [2.05, 4.69) is 11.1 Å². The SMILES string of the molecule is CCOc1ccc2c(c1)C[C@H](C(=O)[C@@H](C#N)c1ccccn1)CO2. The molecule has 0 saturated carbocycles. The zero-order valence-corrected chi connectivity index (χ0v) is 13.4. The lowest BCUT2D eigenvalue weighted by Crippen LogP contribution is -2.31. The lowest BCUT2D eigenvalue weighted by molar-refractivity contribution is -0.124. The molecule has 1 aliphatic rings. The molecule has 0 bridgehead atoms. The van der Waals surface area contributed by atoms with Crippen LogP contribution in [-0.4, -0.2) is 24.0 Å². The molecule has 122 valence electrons. The average Bonchev–Trinajstić information content (AvgIpc) is 2.63. The van der Waals surface area contributed by atoms with E-state index in [0.717, 1.165) is 17.1 Å². The first-order valence-electron chi connectivity index (χ1n) is 7.95. The van der Waals surface area contributed by atoms with Crippen LogP contribution in [-0.2, 0) is 11.2 Å². The Bertz CT molecular complexity index is 768. The molecule has 0 unspecified atom stereocenters. The molecule has 0 aliphatic carbocycles. The summed E-state index contributed by atoms with van der Waals surface area (Å²) in [6, 6.07) is 12.9. The molecule has 5 nitrogen and oxygen atoms in total. The zero-order chi connectivity index (χ0) is 16.9. The molecule has 2 atom stereocenters. The van der Waals surface area contributed by atoms with Crippen LogP contribution in [0.4, 0.5) is 0 Å². The fourth-order valence-corrected chi connectivity index (χ4v) is 2.87. The van der Waals surface area contributed by atoms with E-state index in [1.54, 1.807) is 24.4 Å². The maximum absolute atomic E-state index is 12.8. The van der Waals surface area contributed by atoms with Gasteiger partial charge in [-0.15, -0.1) is 0 Å². The molecule has 0 fully saturated rings. The second kappa shape index (κ2) is 7.14. The van der Waals surface area contributed by atoms with Crippen molar-refractivity contribution in [3.05, 3.63) is 53.9 Å². The molecule has 2 aromatic rings. The van der Waals surface area contributed by atoms with Crippen molar-refractivity contribution >= 4 is 5.78 Å². The first kappa shape index (κ1) is 16.0. The second-order valence-corrected chi connectivity index (χ2v) is 5.63. The van der Waals surface area contributed by atoms with E-state index < -0.39 is 5.92 Å². The summed E-state index contributed by atoms with van der Waals surface area (Å²) in [5.74, 6) is 0.157. The van der Waals surface area contributed by atoms with Crippen molar-refractivity contribution in [3.63, 3.8) is 0 Å². The highest BCUT2D eigenvalue weighted by molar-refractivity contribution is 5.90. The van der Waals surface area contributed by atoms with Gasteiger partial charge >= 0.3 is 0 Å². The van der Waals surface area contributed by atoms with Crippen LogP contribution in [0.1, 0.15) is 24.1 Å². The average molecular weight is 322 g/mol. The van der Waals surface area contributed by atoms with Crippen molar-refractivity contribution in [2.45, 2.75) is 19.3 Å². The number of carbonyl (C=O) groups excluding carboxylic acids is 1. The van der Waals surface area contributed by atoms with Crippen LogP contribution in [0.15, 0.2) is 42.6 Å². The number of rotatable bonds is 5. The standard InChI is InChI=1S/C19H18N2O3/c1-2-23-15-6-7-18-13(10-15)9-14(12-24-18)19(22)16(11-20)17-5-3-4-8-21-17/h3-8,10,14,16H,2,9,12H2,1H3/t14-,16-/m0/s1. The van der Waals surface area contributed by atoms with Crippen molar-refractivity contribution < 1.29 is 14.3 Å². The van der Waals surface area contributed by atoms with Gasteiger partial charge in [-0.25, -0.2) is 0 Å². The smallest absolute Gasteiger partial charge is 0.162 e. The van der Waals surface area contributed by atoms with Gasteiger partial charge in [0.25, 0.3) is 0 Å². The number of pyridine rings is 1. The van der Waals surface area contributed by atoms with E-state index in [9.17, 15) is 10.1 Å². The lowest BCUT2D eigenvalue weighted by atomic mass is 9.86. The lowest BCUT2D eigenvalue weighted by Gasteiger charge is -2.26. The highest BCUT2D eigenvalue weighted by Gasteiger charge is 2.33. The number of ketones is 1. The number of aromatic nitrogens is 1. The Morgan fingerprint density at radius 2 is 2.33 bits per heavy atom. The largest absolute Gasteiger partial charge is 0.494 e. The summed E-state index contributed by atoms with van der Waals surface area (Å²) in [6.45, 7) is 2.79. The quantitative estimate of drug-likeness (QED) is 0.846. The van der Waals surface area contributed by atoms with Crippen LogP contribution in [0.5, 0.6) is 11.5 Å². The number of nitriles is 1. The number of carbonyl (C=O) groups is 1. The van der Waals surface area contributed by atoms with Gasteiger partial charge in [0.1, 0.15) is 17.4 Å². The Labute approximate surface area is 140 Å². The molecule has 0 radical (unpaired) electrons. The van der Waals surface area contributed by atoms with Gasteiger partial charge in [0.15, 0.2) is 5.78 Å². The fourth-order valence-electron chi connectivity index (χ4n) is 2.87. The number of ether oxygens (including phenoxy) is 2. The number of nitrogens with zero attached hydrogens (tertiary/aromatic N) is 2. The third-order valence-electron chi connectivity index (χ3n) is 4.05. The molecule has 1 aromatic heterocycles. The van der Waals surface area contributed by atoms with E-state index in [-0.39, 0.29) is 18.3 Å². The molecule has 3 rings (SSSR count). The molecule has 0 amide bonds. The molecule has 2 heterocycles. The van der Waals surface area contributed by atoms with Gasteiger partial charge in [0.2, 0.25) is 0 Å². The molecule has 24 heavy (non-hydrogen) atoms. The predicted molar refractivity (Wildman–Crippen MR) is 87.9 cm³/mol. The van der Waals surface area contributed by atoms with Crippen molar-refractivity contribution in [1.82, 2.24) is 4.98 Å². The van der Waals surface area contributed by atoms with Gasteiger partial charge in [0, 0.05) is 6.20 Å². The van der Waals surface area contributed by atoms with Crippen molar-refractivity contribution in [2.24, 2.45) is 5.92 Å². The minimum atomic E-state index is -0.864. The number of benzene rings is 1. The zero-order valence-electron chi connectivity index (χ0n) is 13.4. The van der Waals surface area contributed by atoms with Gasteiger partial charge in [-0.3, -0.25) is 9.78 Å². The molecular weight excluding hydrogens is 304 g/mol. The van der Waals surface area contributed by atoms with Gasteiger partial charge < -0.3 is 9.47 Å². The molecular formula is C19H18N2O3. The Morgan fingerprint density at radius 1 is 1.46 bits per heavy atom. The maximum atomic E-state index is 12.8. The topological polar surface area (TPSA) is 72.2 Å². The van der Waals surface area contributed by atoms with Gasteiger partial charge in [-0.1, -0.05) is 6.07 Å². The summed E-state index contributed by atoms with van der Waals surface area (Å²) in [5.41, 5.74) is 1.42. The number of hydrogen-bond acceptors (Lipinski definition) is 5. The monoisotopic (exact) mass is 322 g/mol. The van der Waals surface area contributed by atoms with Crippen LogP contribution >= 0.6 is 0 Å². The maximum Gasteiger partial charge on any atom is 0.162 e. The number of fused-ring (bicyclic) bond motifs is 1.